The molecule has 2 N–H and O–H groups in total. The average molecular weight is 273 g/mol. The first kappa shape index (κ1) is 14.8. The van der Waals surface area contributed by atoms with Gasteiger partial charge in [-0.05, 0) is 24.7 Å². The van der Waals surface area contributed by atoms with Crippen LogP contribution in [0.4, 0.5) is 0 Å². The number of hydrogen-bond donors (Lipinski definition) is 1. The van der Waals surface area contributed by atoms with E-state index in [-0.39, 0.29) is 0 Å². The summed E-state index contributed by atoms with van der Waals surface area (Å²) < 4.78 is 5.78. The second kappa shape index (κ2) is 7.22. The SMILES string of the molecule is CCN(CC)CCOc1cc(CN)c2ccccc2n1. The van der Waals surface area contributed by atoms with Crippen LogP contribution in [0.1, 0.15) is 19.4 Å². The maximum atomic E-state index is 5.81. The maximum Gasteiger partial charge on any atom is 0.214 e. The van der Waals surface area contributed by atoms with Crippen molar-refractivity contribution < 1.29 is 4.74 Å². The van der Waals surface area contributed by atoms with Gasteiger partial charge in [-0.1, -0.05) is 32.0 Å². The van der Waals surface area contributed by atoms with Gasteiger partial charge in [-0.15, -0.1) is 0 Å². The van der Waals surface area contributed by atoms with Crippen LogP contribution in [0.15, 0.2) is 30.3 Å². The molecule has 0 atom stereocenters. The number of pyridine rings is 1. The normalized spacial score (nSPS) is 11.2. The third kappa shape index (κ3) is 3.46. The fourth-order valence-corrected chi connectivity index (χ4v) is 2.28. The van der Waals surface area contributed by atoms with Crippen LogP contribution in [0.5, 0.6) is 5.88 Å². The average Bonchev–Trinajstić information content (AvgIpc) is 2.50. The lowest BCUT2D eigenvalue weighted by atomic mass is 10.1. The lowest BCUT2D eigenvalue weighted by Gasteiger charge is -2.18. The second-order valence-corrected chi connectivity index (χ2v) is 4.72. The van der Waals surface area contributed by atoms with Crippen molar-refractivity contribution in [3.05, 3.63) is 35.9 Å². The zero-order chi connectivity index (χ0) is 14.4. The van der Waals surface area contributed by atoms with Crippen molar-refractivity contribution >= 4 is 10.9 Å². The highest BCUT2D eigenvalue weighted by Crippen LogP contribution is 2.21. The molecule has 108 valence electrons. The summed E-state index contributed by atoms with van der Waals surface area (Å²) in [7, 11) is 0. The van der Waals surface area contributed by atoms with E-state index in [0.717, 1.165) is 36.1 Å². The number of benzene rings is 1. The van der Waals surface area contributed by atoms with Crippen molar-refractivity contribution in [3.63, 3.8) is 0 Å². The summed E-state index contributed by atoms with van der Waals surface area (Å²) in [5, 5.41) is 1.10. The first-order chi connectivity index (χ1) is 9.78. The number of fused-ring (bicyclic) bond motifs is 1. The summed E-state index contributed by atoms with van der Waals surface area (Å²) in [6.07, 6.45) is 0. The number of para-hydroxylation sites is 1. The van der Waals surface area contributed by atoms with Crippen LogP contribution in [0.25, 0.3) is 10.9 Å². The molecule has 0 fully saturated rings. The summed E-state index contributed by atoms with van der Waals surface area (Å²) >= 11 is 0. The Balaban J connectivity index is 2.10. The molecule has 20 heavy (non-hydrogen) atoms. The minimum absolute atomic E-state index is 0.495. The number of nitrogens with two attached hydrogens (primary N) is 1. The molecule has 1 aromatic heterocycles. The predicted octanol–water partition coefficient (Wildman–Crippen LogP) is 2.41. The monoisotopic (exact) mass is 273 g/mol. The largest absolute Gasteiger partial charge is 0.476 e. The molecule has 0 saturated carbocycles. The molecule has 0 unspecified atom stereocenters. The van der Waals surface area contributed by atoms with E-state index in [9.17, 15) is 0 Å². The molecule has 0 amide bonds. The molecule has 0 aliphatic rings. The van der Waals surface area contributed by atoms with Crippen molar-refractivity contribution in [2.24, 2.45) is 5.73 Å². The Morgan fingerprint density at radius 1 is 1.20 bits per heavy atom. The van der Waals surface area contributed by atoms with Gasteiger partial charge in [0, 0.05) is 24.5 Å². The molecule has 4 heteroatoms. The molecule has 0 spiro atoms. The molecular weight excluding hydrogens is 250 g/mol. The van der Waals surface area contributed by atoms with Gasteiger partial charge in [0.15, 0.2) is 0 Å². The number of aromatic nitrogens is 1. The van der Waals surface area contributed by atoms with Crippen molar-refractivity contribution in [1.29, 1.82) is 0 Å². The van der Waals surface area contributed by atoms with Gasteiger partial charge in [-0.3, -0.25) is 0 Å². The van der Waals surface area contributed by atoms with E-state index in [1.165, 1.54) is 0 Å². The fourth-order valence-electron chi connectivity index (χ4n) is 2.28. The Labute approximate surface area is 120 Å². The van der Waals surface area contributed by atoms with Crippen LogP contribution >= 0.6 is 0 Å². The minimum atomic E-state index is 0.495. The van der Waals surface area contributed by atoms with E-state index < -0.39 is 0 Å². The van der Waals surface area contributed by atoms with Crippen LogP contribution in [-0.2, 0) is 6.54 Å². The van der Waals surface area contributed by atoms with Crippen LogP contribution in [0, 0.1) is 0 Å². The molecule has 2 aromatic rings. The van der Waals surface area contributed by atoms with Crippen molar-refractivity contribution in [3.8, 4) is 5.88 Å². The van der Waals surface area contributed by atoms with Crippen LogP contribution in [-0.4, -0.2) is 36.1 Å². The summed E-state index contributed by atoms with van der Waals surface area (Å²) in [5.74, 6) is 0.663. The zero-order valence-corrected chi connectivity index (χ0v) is 12.3. The summed E-state index contributed by atoms with van der Waals surface area (Å²) in [6.45, 7) is 8.46. The van der Waals surface area contributed by atoms with Gasteiger partial charge in [0.2, 0.25) is 5.88 Å². The maximum absolute atomic E-state index is 5.81. The molecule has 0 bridgehead atoms. The van der Waals surface area contributed by atoms with E-state index in [1.807, 2.05) is 30.3 Å². The highest BCUT2D eigenvalue weighted by atomic mass is 16.5. The third-order valence-electron chi connectivity index (χ3n) is 3.55. The number of hydrogen-bond acceptors (Lipinski definition) is 4. The Morgan fingerprint density at radius 2 is 1.95 bits per heavy atom. The molecule has 4 nitrogen and oxygen atoms in total. The third-order valence-corrected chi connectivity index (χ3v) is 3.55. The van der Waals surface area contributed by atoms with Gasteiger partial charge in [0.05, 0.1) is 5.52 Å². The van der Waals surface area contributed by atoms with E-state index >= 15 is 0 Å². The number of rotatable bonds is 7. The number of ether oxygens (including phenoxy) is 1. The molecule has 1 heterocycles. The van der Waals surface area contributed by atoms with E-state index in [1.54, 1.807) is 0 Å². The van der Waals surface area contributed by atoms with Crippen molar-refractivity contribution in [2.45, 2.75) is 20.4 Å². The van der Waals surface area contributed by atoms with Gasteiger partial charge in [0.25, 0.3) is 0 Å². The zero-order valence-electron chi connectivity index (χ0n) is 12.3. The van der Waals surface area contributed by atoms with E-state index in [4.69, 9.17) is 10.5 Å². The molecule has 0 aliphatic heterocycles. The molecular formula is C16H23N3O. The fraction of sp³-hybridized carbons (Fsp3) is 0.438. The van der Waals surface area contributed by atoms with Crippen LogP contribution < -0.4 is 10.5 Å². The van der Waals surface area contributed by atoms with Gasteiger partial charge < -0.3 is 15.4 Å². The Morgan fingerprint density at radius 3 is 2.65 bits per heavy atom. The number of likely N-dealkylation sites (N-methyl/N-ethyl adjacent to an activating group) is 1. The van der Waals surface area contributed by atoms with Gasteiger partial charge in [0.1, 0.15) is 6.61 Å². The summed E-state index contributed by atoms with van der Waals surface area (Å²) in [6, 6.07) is 9.97. The Hall–Kier alpha value is -1.65. The first-order valence-electron chi connectivity index (χ1n) is 7.22. The molecule has 0 saturated heterocycles. The van der Waals surface area contributed by atoms with Crippen LogP contribution in [0.2, 0.25) is 0 Å². The Kier molecular flexibility index (Phi) is 5.32. The Bertz CT molecular complexity index is 552. The predicted molar refractivity (Wildman–Crippen MR) is 82.9 cm³/mol. The van der Waals surface area contributed by atoms with Gasteiger partial charge >= 0.3 is 0 Å². The lowest BCUT2D eigenvalue weighted by molar-refractivity contribution is 0.218. The van der Waals surface area contributed by atoms with Gasteiger partial charge in [-0.2, -0.15) is 0 Å². The molecule has 0 aliphatic carbocycles. The quantitative estimate of drug-likeness (QED) is 0.841. The highest BCUT2D eigenvalue weighted by molar-refractivity contribution is 5.82. The smallest absolute Gasteiger partial charge is 0.214 e. The number of nitrogens with zero attached hydrogens (tertiary/aromatic N) is 2. The van der Waals surface area contributed by atoms with Crippen molar-refractivity contribution in [1.82, 2.24) is 9.88 Å². The molecule has 2 rings (SSSR count). The molecule has 1 aromatic carbocycles. The summed E-state index contributed by atoms with van der Waals surface area (Å²) in [5.41, 5.74) is 7.83. The highest BCUT2D eigenvalue weighted by Gasteiger charge is 2.06. The first-order valence-corrected chi connectivity index (χ1v) is 7.22. The van der Waals surface area contributed by atoms with Crippen LogP contribution in [0.3, 0.4) is 0 Å². The van der Waals surface area contributed by atoms with E-state index in [0.29, 0.717) is 19.0 Å². The van der Waals surface area contributed by atoms with E-state index in [2.05, 4.69) is 23.7 Å². The van der Waals surface area contributed by atoms with Crippen molar-refractivity contribution in [2.75, 3.05) is 26.2 Å². The molecule has 0 radical (unpaired) electrons. The summed E-state index contributed by atoms with van der Waals surface area (Å²) in [4.78, 5) is 6.86. The van der Waals surface area contributed by atoms with Gasteiger partial charge in [-0.25, -0.2) is 4.98 Å². The topological polar surface area (TPSA) is 51.4 Å². The standard InChI is InChI=1S/C16H23N3O/c1-3-19(4-2)9-10-20-16-11-13(12-17)14-7-5-6-8-15(14)18-16/h5-8,11H,3-4,9-10,12,17H2,1-2H3. The lowest BCUT2D eigenvalue weighted by Crippen LogP contribution is -2.28. The second-order valence-electron chi connectivity index (χ2n) is 4.72. The minimum Gasteiger partial charge on any atom is -0.476 e.